The van der Waals surface area contributed by atoms with Gasteiger partial charge in [0.1, 0.15) is 31.1 Å². The fraction of sp³-hybridized carbons (Fsp3) is 0.308. The molecule has 0 saturated carbocycles. The van der Waals surface area contributed by atoms with E-state index in [1.54, 1.807) is 28.8 Å². The summed E-state index contributed by atoms with van der Waals surface area (Å²) >= 11 is 5.28. The molecule has 1 saturated heterocycles. The van der Waals surface area contributed by atoms with Crippen molar-refractivity contribution in [2.24, 2.45) is 0 Å². The molecule has 1 fully saturated rings. The number of aromatic nitrogens is 4. The van der Waals surface area contributed by atoms with E-state index < -0.39 is 24.8 Å². The van der Waals surface area contributed by atoms with Gasteiger partial charge in [-0.15, -0.1) is 0 Å². The van der Waals surface area contributed by atoms with Gasteiger partial charge >= 0.3 is 0 Å². The van der Waals surface area contributed by atoms with Crippen LogP contribution in [0.3, 0.4) is 0 Å². The summed E-state index contributed by atoms with van der Waals surface area (Å²) in [4.78, 5) is 15.0. The van der Waals surface area contributed by atoms with Gasteiger partial charge in [-0.3, -0.25) is 4.57 Å². The highest BCUT2D eigenvalue weighted by Crippen LogP contribution is 2.35. The Morgan fingerprint density at radius 2 is 2.13 bits per heavy atom. The molecule has 2 aliphatic heterocycles. The van der Waals surface area contributed by atoms with Crippen molar-refractivity contribution in [2.75, 3.05) is 30.7 Å². The Morgan fingerprint density at radius 3 is 3.00 bits per heavy atom. The minimum absolute atomic E-state index is 0.0754. The van der Waals surface area contributed by atoms with E-state index in [1.165, 1.54) is 24.8 Å². The van der Waals surface area contributed by atoms with Crippen LogP contribution in [-0.4, -0.2) is 62.5 Å². The van der Waals surface area contributed by atoms with E-state index in [4.69, 9.17) is 32.5 Å². The Hall–Kier alpha value is -4.07. The lowest BCUT2D eigenvalue weighted by Crippen LogP contribution is -2.29. The number of aliphatic hydroxyl groups is 1. The smallest absolute Gasteiger partial charge is 0.261 e. The summed E-state index contributed by atoms with van der Waals surface area (Å²) in [6.07, 6.45) is -0.980. The fourth-order valence-electron chi connectivity index (χ4n) is 4.47. The van der Waals surface area contributed by atoms with E-state index in [0.29, 0.717) is 40.7 Å². The van der Waals surface area contributed by atoms with Crippen LogP contribution in [0.2, 0.25) is 0 Å². The molecule has 13 heteroatoms. The molecule has 2 aromatic heterocycles. The number of anilines is 2. The predicted molar refractivity (Wildman–Crippen MR) is 143 cm³/mol. The van der Waals surface area contributed by atoms with Crippen molar-refractivity contribution in [1.82, 2.24) is 19.5 Å². The second-order valence-corrected chi connectivity index (χ2v) is 9.42. The predicted octanol–water partition coefficient (Wildman–Crippen LogP) is 3.39. The first-order valence-electron chi connectivity index (χ1n) is 12.7. The van der Waals surface area contributed by atoms with Gasteiger partial charge in [0.05, 0.1) is 12.4 Å². The number of imidazole rings is 1. The molecule has 0 aliphatic carbocycles. The van der Waals surface area contributed by atoms with Crippen LogP contribution in [0.1, 0.15) is 19.6 Å². The Kier molecular flexibility index (Phi) is 6.52. The zero-order chi connectivity index (χ0) is 27.8. The van der Waals surface area contributed by atoms with Crippen molar-refractivity contribution in [1.29, 1.82) is 0 Å². The van der Waals surface area contributed by atoms with Gasteiger partial charge in [-0.05, 0) is 42.0 Å². The Balaban J connectivity index is 1.12. The van der Waals surface area contributed by atoms with E-state index in [0.717, 1.165) is 5.56 Å². The van der Waals surface area contributed by atoms with Gasteiger partial charge in [0.15, 0.2) is 28.5 Å². The summed E-state index contributed by atoms with van der Waals surface area (Å²) in [5.41, 5.74) is 2.35. The highest BCUT2D eigenvalue weighted by atomic mass is 32.1. The van der Waals surface area contributed by atoms with Crippen LogP contribution >= 0.6 is 12.2 Å². The largest absolute Gasteiger partial charge is 0.468 e. The number of benzene rings is 2. The van der Waals surface area contributed by atoms with Gasteiger partial charge in [-0.2, -0.15) is 0 Å². The minimum Gasteiger partial charge on any atom is -0.468 e. The van der Waals surface area contributed by atoms with Crippen molar-refractivity contribution in [3.8, 4) is 11.5 Å². The van der Waals surface area contributed by atoms with Gasteiger partial charge in [-0.25, -0.2) is 19.3 Å². The highest BCUT2D eigenvalue weighted by Gasteiger charge is 2.36. The molecule has 6 rings (SSSR count). The van der Waals surface area contributed by atoms with E-state index in [9.17, 15) is 9.50 Å². The fourth-order valence-corrected chi connectivity index (χ4v) is 4.65. The van der Waals surface area contributed by atoms with Crippen LogP contribution < -0.4 is 19.7 Å². The SMILES string of the molecule is [2H][C@@H]1[C@H](O)[C@@H](COC(=S)Nc2ccc3c(c2)OCO3)O[C@H]1n1cnc2c(N(C)Cc3cccc(F)c3)ncnc21. The summed E-state index contributed by atoms with van der Waals surface area (Å²) in [6, 6.07) is 11.6. The summed E-state index contributed by atoms with van der Waals surface area (Å²) in [6.45, 7) is 0.486. The van der Waals surface area contributed by atoms with Gasteiger partial charge in [0.2, 0.25) is 6.79 Å². The van der Waals surface area contributed by atoms with E-state index in [2.05, 4.69) is 20.3 Å². The summed E-state index contributed by atoms with van der Waals surface area (Å²) in [7, 11) is 1.82. The van der Waals surface area contributed by atoms with Gasteiger partial charge in [0, 0.05) is 33.1 Å². The lowest BCUT2D eigenvalue weighted by atomic mass is 10.2. The second kappa shape index (κ2) is 10.6. The maximum Gasteiger partial charge on any atom is 0.261 e. The number of halogens is 1. The summed E-state index contributed by atoms with van der Waals surface area (Å²) in [5, 5.41) is 13.8. The van der Waals surface area contributed by atoms with E-state index >= 15 is 0 Å². The first kappa shape index (κ1) is 24.0. The number of hydrogen-bond donors (Lipinski definition) is 2. The van der Waals surface area contributed by atoms with Crippen LogP contribution in [0, 0.1) is 5.82 Å². The molecule has 4 aromatic rings. The lowest BCUT2D eigenvalue weighted by molar-refractivity contribution is -0.0398. The molecule has 2 N–H and O–H groups in total. The minimum atomic E-state index is -1.15. The Bertz CT molecular complexity index is 1560. The standard InChI is InChI=1S/C26H25FN6O5S/c1-32(10-15-3-2-4-16(27)7-15)24-23-25(29-12-28-24)33(13-30-23)22-9-18(34)21(38-22)11-35-26(39)31-17-5-6-19-20(8-17)37-14-36-19/h2-8,12-13,18,21-22,34H,9-11,14H2,1H3,(H,31,39)/t18-,21+,22+/m0/s1/i9D/t9-,18+,21-,22-/m1. The third-order valence-corrected chi connectivity index (χ3v) is 6.56. The zero-order valence-electron chi connectivity index (χ0n) is 21.7. The van der Waals surface area contributed by atoms with Gasteiger partial charge in [-0.1, -0.05) is 12.1 Å². The normalized spacial score (nSPS) is 22.1. The highest BCUT2D eigenvalue weighted by molar-refractivity contribution is 7.80. The zero-order valence-corrected chi connectivity index (χ0v) is 21.5. The second-order valence-electron chi connectivity index (χ2n) is 9.05. The molecule has 4 heterocycles. The van der Waals surface area contributed by atoms with Crippen molar-refractivity contribution in [3.05, 3.63) is 66.5 Å². The van der Waals surface area contributed by atoms with Gasteiger partial charge in [0.25, 0.3) is 5.17 Å². The van der Waals surface area contributed by atoms with Crippen molar-refractivity contribution >= 4 is 40.1 Å². The molecule has 0 amide bonds. The molecular formula is C26H25FN6O5S. The van der Waals surface area contributed by atoms with Gasteiger partial charge < -0.3 is 34.3 Å². The molecular weight excluding hydrogens is 527 g/mol. The molecule has 0 bridgehead atoms. The lowest BCUT2D eigenvalue weighted by Gasteiger charge is -2.19. The Morgan fingerprint density at radius 1 is 1.26 bits per heavy atom. The average Bonchev–Trinajstić information content (AvgIpc) is 3.65. The molecule has 0 unspecified atom stereocenters. The van der Waals surface area contributed by atoms with Crippen molar-refractivity contribution in [2.45, 2.75) is 31.4 Å². The number of thiocarbonyl (C=S) groups is 1. The average molecular weight is 554 g/mol. The first-order chi connectivity index (χ1) is 19.4. The van der Waals surface area contributed by atoms with E-state index in [1.807, 2.05) is 18.0 Å². The number of nitrogens with zero attached hydrogens (tertiary/aromatic N) is 5. The van der Waals surface area contributed by atoms with E-state index in [-0.39, 0.29) is 24.4 Å². The number of nitrogens with one attached hydrogen (secondary N) is 1. The number of hydrogen-bond acceptors (Lipinski definition) is 10. The van der Waals surface area contributed by atoms with Crippen LogP contribution in [-0.2, 0) is 16.0 Å². The summed E-state index contributed by atoms with van der Waals surface area (Å²) < 4.78 is 46.2. The molecule has 11 nitrogen and oxygen atoms in total. The molecule has 39 heavy (non-hydrogen) atoms. The Labute approximate surface area is 229 Å². The van der Waals surface area contributed by atoms with Crippen LogP contribution in [0.4, 0.5) is 15.9 Å². The van der Waals surface area contributed by atoms with Crippen LogP contribution in [0.25, 0.3) is 11.2 Å². The maximum atomic E-state index is 13.6. The van der Waals surface area contributed by atoms with Crippen molar-refractivity contribution < 1.29 is 29.8 Å². The monoisotopic (exact) mass is 553 g/mol. The number of fused-ring (bicyclic) bond motifs is 2. The van der Waals surface area contributed by atoms with Crippen molar-refractivity contribution in [3.63, 3.8) is 0 Å². The number of ether oxygens (including phenoxy) is 4. The third kappa shape index (κ3) is 5.28. The molecule has 2 aliphatic rings. The van der Waals surface area contributed by atoms with Crippen LogP contribution in [0.5, 0.6) is 11.5 Å². The quantitative estimate of drug-likeness (QED) is 0.328. The number of aliphatic hydroxyl groups excluding tert-OH is 1. The topological polar surface area (TPSA) is 116 Å². The first-order valence-corrected chi connectivity index (χ1v) is 12.5. The molecule has 0 spiro atoms. The molecule has 2 aromatic carbocycles. The molecule has 202 valence electrons. The summed E-state index contributed by atoms with van der Waals surface area (Å²) in [5.74, 6) is 1.47. The molecule has 4 atom stereocenters. The third-order valence-electron chi connectivity index (χ3n) is 6.34. The maximum absolute atomic E-state index is 13.6. The van der Waals surface area contributed by atoms with Crippen LogP contribution in [0.15, 0.2) is 55.1 Å². The molecule has 0 radical (unpaired) electrons. The number of rotatable bonds is 7.